The Hall–Kier alpha value is -3.79. The lowest BCUT2D eigenvalue weighted by Crippen LogP contribution is -1.95. The van der Waals surface area contributed by atoms with Crippen molar-refractivity contribution in [3.63, 3.8) is 0 Å². The number of hydrogen-bond donors (Lipinski definition) is 0. The van der Waals surface area contributed by atoms with Gasteiger partial charge in [0.2, 0.25) is 0 Å². The first kappa shape index (κ1) is 14.3. The van der Waals surface area contributed by atoms with Crippen LogP contribution in [0.4, 0.5) is 0 Å². The summed E-state index contributed by atoms with van der Waals surface area (Å²) in [6.45, 7) is 0. The predicted molar refractivity (Wildman–Crippen MR) is 112 cm³/mol. The zero-order chi connectivity index (χ0) is 18.2. The molecule has 4 heteroatoms. The van der Waals surface area contributed by atoms with Crippen LogP contribution in [0.15, 0.2) is 73.2 Å². The van der Waals surface area contributed by atoms with Crippen molar-refractivity contribution < 1.29 is 0 Å². The molecule has 0 saturated heterocycles. The minimum absolute atomic E-state index is 0.775. The average Bonchev–Trinajstić information content (AvgIpc) is 3.32. The molecule has 0 fully saturated rings. The third-order valence-electron chi connectivity index (χ3n) is 5.97. The van der Waals surface area contributed by atoms with Gasteiger partial charge in [-0.3, -0.25) is 9.38 Å². The lowest BCUT2D eigenvalue weighted by molar-refractivity contribution is 1.26. The van der Waals surface area contributed by atoms with Gasteiger partial charge in [-0.1, -0.05) is 30.3 Å². The lowest BCUT2D eigenvalue weighted by atomic mass is 9.97. The Kier molecular flexibility index (Phi) is 2.51. The summed E-state index contributed by atoms with van der Waals surface area (Å²) in [6, 6.07) is 19.3. The highest BCUT2D eigenvalue weighted by atomic mass is 15.1. The summed E-state index contributed by atoms with van der Waals surface area (Å²) in [6.07, 6.45) is 6.59. The van der Waals surface area contributed by atoms with Gasteiger partial charge in [-0.15, -0.1) is 0 Å². The molecule has 0 spiro atoms. The van der Waals surface area contributed by atoms with E-state index in [4.69, 9.17) is 4.98 Å². The highest BCUT2D eigenvalue weighted by molar-refractivity contribution is 6.16. The fraction of sp³-hybridized carbons (Fsp3) is 0.0417. The second-order valence-electron chi connectivity index (χ2n) is 7.36. The van der Waals surface area contributed by atoms with Gasteiger partial charge in [0.05, 0.1) is 11.0 Å². The van der Waals surface area contributed by atoms with Crippen molar-refractivity contribution in [1.29, 1.82) is 0 Å². The summed E-state index contributed by atoms with van der Waals surface area (Å²) >= 11 is 0. The second kappa shape index (κ2) is 4.93. The van der Waals surface area contributed by atoms with Crippen molar-refractivity contribution >= 4 is 38.5 Å². The molecule has 0 N–H and O–H groups in total. The fourth-order valence-corrected chi connectivity index (χ4v) is 4.82. The Balaban J connectivity index is 1.77. The lowest BCUT2D eigenvalue weighted by Gasteiger charge is -2.12. The predicted octanol–water partition coefficient (Wildman–Crippen LogP) is 5.16. The van der Waals surface area contributed by atoms with Gasteiger partial charge in [0, 0.05) is 34.7 Å². The van der Waals surface area contributed by atoms with Gasteiger partial charge in [0.15, 0.2) is 5.65 Å². The monoisotopic (exact) mass is 358 g/mol. The van der Waals surface area contributed by atoms with E-state index in [1.807, 2.05) is 18.5 Å². The van der Waals surface area contributed by atoms with Gasteiger partial charge >= 0.3 is 0 Å². The standard InChI is InChI=1S/C24H14N4/c1-2-5-15-14(4-1)12-18-16(15)7-8-17-22(18)19-13-25-11-9-20(19)28-21-6-3-10-26-23(21)27-24(17)28/h1-11,13H,12H2. The molecule has 4 nitrogen and oxygen atoms in total. The van der Waals surface area contributed by atoms with Gasteiger partial charge in [0.25, 0.3) is 0 Å². The molecular formula is C24H14N4. The van der Waals surface area contributed by atoms with Crippen LogP contribution in [0.5, 0.6) is 0 Å². The van der Waals surface area contributed by atoms with Crippen molar-refractivity contribution in [2.75, 3.05) is 0 Å². The molecule has 130 valence electrons. The minimum Gasteiger partial charge on any atom is -0.290 e. The van der Waals surface area contributed by atoms with Crippen LogP contribution in [0.25, 0.3) is 49.6 Å². The highest BCUT2D eigenvalue weighted by Crippen LogP contribution is 2.43. The van der Waals surface area contributed by atoms with E-state index in [0.29, 0.717) is 0 Å². The van der Waals surface area contributed by atoms with Crippen molar-refractivity contribution in [1.82, 2.24) is 19.4 Å². The van der Waals surface area contributed by atoms with Crippen LogP contribution >= 0.6 is 0 Å². The summed E-state index contributed by atoms with van der Waals surface area (Å²) in [5.41, 5.74) is 9.31. The zero-order valence-electron chi connectivity index (χ0n) is 14.9. The molecule has 1 aliphatic carbocycles. The van der Waals surface area contributed by atoms with Gasteiger partial charge in [-0.05, 0) is 52.9 Å². The molecule has 0 bridgehead atoms. The van der Waals surface area contributed by atoms with E-state index in [-0.39, 0.29) is 0 Å². The topological polar surface area (TPSA) is 43.1 Å². The van der Waals surface area contributed by atoms with Crippen LogP contribution in [0.3, 0.4) is 0 Å². The van der Waals surface area contributed by atoms with E-state index in [0.717, 1.165) is 39.5 Å². The third-order valence-corrected chi connectivity index (χ3v) is 5.97. The molecule has 1 aliphatic rings. The van der Waals surface area contributed by atoms with Gasteiger partial charge in [0.1, 0.15) is 5.65 Å². The number of benzene rings is 2. The Morgan fingerprint density at radius 2 is 1.75 bits per heavy atom. The molecule has 0 aliphatic heterocycles. The average molecular weight is 358 g/mol. The molecule has 0 unspecified atom stereocenters. The second-order valence-corrected chi connectivity index (χ2v) is 7.36. The molecule has 4 heterocycles. The largest absolute Gasteiger partial charge is 0.290 e. The molecule has 4 aromatic heterocycles. The van der Waals surface area contributed by atoms with E-state index in [1.54, 1.807) is 6.20 Å². The molecule has 7 rings (SSSR count). The van der Waals surface area contributed by atoms with E-state index in [1.165, 1.54) is 27.6 Å². The maximum absolute atomic E-state index is 4.90. The Morgan fingerprint density at radius 3 is 2.75 bits per heavy atom. The van der Waals surface area contributed by atoms with E-state index >= 15 is 0 Å². The molecule has 0 amide bonds. The number of fused-ring (bicyclic) bond motifs is 12. The number of rotatable bonds is 0. The molecule has 28 heavy (non-hydrogen) atoms. The van der Waals surface area contributed by atoms with E-state index < -0.39 is 0 Å². The smallest absolute Gasteiger partial charge is 0.178 e. The summed E-state index contributed by atoms with van der Waals surface area (Å²) < 4.78 is 2.22. The van der Waals surface area contributed by atoms with Gasteiger partial charge in [-0.25, -0.2) is 9.97 Å². The van der Waals surface area contributed by atoms with Crippen LogP contribution in [-0.2, 0) is 6.42 Å². The first-order valence-electron chi connectivity index (χ1n) is 9.43. The number of pyridine rings is 3. The zero-order valence-corrected chi connectivity index (χ0v) is 14.9. The number of hydrogen-bond acceptors (Lipinski definition) is 3. The van der Waals surface area contributed by atoms with Crippen LogP contribution < -0.4 is 0 Å². The normalized spacial score (nSPS) is 12.9. The van der Waals surface area contributed by atoms with E-state index in [2.05, 4.69) is 62.9 Å². The fourth-order valence-electron chi connectivity index (χ4n) is 4.82. The maximum Gasteiger partial charge on any atom is 0.178 e. The summed E-state index contributed by atoms with van der Waals surface area (Å²) in [5, 5.41) is 3.59. The van der Waals surface area contributed by atoms with Crippen molar-refractivity contribution in [2.45, 2.75) is 6.42 Å². The maximum atomic E-state index is 4.90. The SMILES string of the molecule is c1ccc2c(c1)Cc1c-2ccc2c1c1cnccc1n1c3cccnc3nc21. The Morgan fingerprint density at radius 1 is 0.786 bits per heavy atom. The van der Waals surface area contributed by atoms with Gasteiger partial charge in [-0.2, -0.15) is 0 Å². The first-order valence-corrected chi connectivity index (χ1v) is 9.43. The quantitative estimate of drug-likeness (QED) is 0.352. The molecular weight excluding hydrogens is 344 g/mol. The third kappa shape index (κ3) is 1.63. The Bertz CT molecular complexity index is 1590. The van der Waals surface area contributed by atoms with E-state index in [9.17, 15) is 0 Å². The van der Waals surface area contributed by atoms with Crippen LogP contribution in [-0.4, -0.2) is 19.4 Å². The first-order chi connectivity index (χ1) is 13.9. The number of imidazole rings is 1. The van der Waals surface area contributed by atoms with Crippen molar-refractivity contribution in [3.05, 3.63) is 84.3 Å². The van der Waals surface area contributed by atoms with Crippen LogP contribution in [0.1, 0.15) is 11.1 Å². The molecule has 6 aromatic rings. The highest BCUT2D eigenvalue weighted by Gasteiger charge is 2.23. The van der Waals surface area contributed by atoms with Crippen molar-refractivity contribution in [3.8, 4) is 11.1 Å². The van der Waals surface area contributed by atoms with Crippen LogP contribution in [0.2, 0.25) is 0 Å². The Labute approximate surface area is 160 Å². The van der Waals surface area contributed by atoms with Gasteiger partial charge < -0.3 is 0 Å². The number of nitrogens with zero attached hydrogens (tertiary/aromatic N) is 4. The molecule has 0 saturated carbocycles. The molecule has 2 aromatic carbocycles. The summed E-state index contributed by atoms with van der Waals surface area (Å²) in [7, 11) is 0. The molecule has 0 radical (unpaired) electrons. The summed E-state index contributed by atoms with van der Waals surface area (Å²) in [4.78, 5) is 13.8. The van der Waals surface area contributed by atoms with Crippen LogP contribution in [0, 0.1) is 0 Å². The minimum atomic E-state index is 0.775. The molecule has 0 atom stereocenters. The number of aromatic nitrogens is 4. The summed E-state index contributed by atoms with van der Waals surface area (Å²) in [5.74, 6) is 0. The van der Waals surface area contributed by atoms with Crippen molar-refractivity contribution in [2.24, 2.45) is 0 Å².